The highest BCUT2D eigenvalue weighted by Gasteiger charge is 2.08. The molecule has 1 N–H and O–H groups in total. The third-order valence-electron chi connectivity index (χ3n) is 2.04. The number of carboxylic acids is 1. The topological polar surface area (TPSA) is 37.3 Å². The van der Waals surface area contributed by atoms with E-state index in [1.54, 1.807) is 6.92 Å². The number of allylic oxidation sites excluding steroid dienone is 1. The molecule has 0 saturated heterocycles. The summed E-state index contributed by atoms with van der Waals surface area (Å²) in [5.74, 6) is -0.838. The molecule has 2 nitrogen and oxygen atoms in total. The van der Waals surface area contributed by atoms with Crippen molar-refractivity contribution >= 4 is 17.7 Å². The molecule has 15 heavy (non-hydrogen) atoms. The first-order valence-corrected chi connectivity index (χ1v) is 5.62. The lowest BCUT2D eigenvalue weighted by Crippen LogP contribution is -1.99. The SMILES string of the molecule is CC/C(Sc1ccccc1)=C(/C)C(=O)O. The molecule has 0 spiro atoms. The van der Waals surface area contributed by atoms with Gasteiger partial charge in [-0.15, -0.1) is 0 Å². The van der Waals surface area contributed by atoms with Gasteiger partial charge in [0.15, 0.2) is 0 Å². The molecule has 0 fully saturated rings. The lowest BCUT2D eigenvalue weighted by Gasteiger charge is -2.06. The van der Waals surface area contributed by atoms with Gasteiger partial charge in [-0.3, -0.25) is 0 Å². The molecule has 0 unspecified atom stereocenters. The zero-order valence-electron chi connectivity index (χ0n) is 8.86. The third-order valence-corrected chi connectivity index (χ3v) is 3.39. The Hall–Kier alpha value is -1.22. The summed E-state index contributed by atoms with van der Waals surface area (Å²) in [7, 11) is 0. The van der Waals surface area contributed by atoms with E-state index in [4.69, 9.17) is 5.11 Å². The molecule has 0 aliphatic rings. The number of benzene rings is 1. The minimum atomic E-state index is -0.838. The van der Waals surface area contributed by atoms with Crippen LogP contribution >= 0.6 is 11.8 Å². The van der Waals surface area contributed by atoms with Gasteiger partial charge in [-0.25, -0.2) is 4.79 Å². The van der Waals surface area contributed by atoms with Gasteiger partial charge in [0, 0.05) is 10.5 Å². The van der Waals surface area contributed by atoms with E-state index < -0.39 is 5.97 Å². The van der Waals surface area contributed by atoms with E-state index in [-0.39, 0.29) is 0 Å². The molecule has 0 heterocycles. The van der Waals surface area contributed by atoms with Crippen molar-refractivity contribution in [1.29, 1.82) is 0 Å². The van der Waals surface area contributed by atoms with Crippen molar-refractivity contribution in [3.8, 4) is 0 Å². The van der Waals surface area contributed by atoms with Gasteiger partial charge in [0.25, 0.3) is 0 Å². The van der Waals surface area contributed by atoms with Gasteiger partial charge in [0.1, 0.15) is 0 Å². The smallest absolute Gasteiger partial charge is 0.332 e. The largest absolute Gasteiger partial charge is 0.478 e. The van der Waals surface area contributed by atoms with E-state index >= 15 is 0 Å². The standard InChI is InChI=1S/C12H14O2S/c1-3-11(9(2)12(13)14)15-10-7-5-4-6-8-10/h4-8H,3H2,1-2H3,(H,13,14)/b11-9+. The highest BCUT2D eigenvalue weighted by molar-refractivity contribution is 8.03. The molecule has 1 rings (SSSR count). The normalized spacial score (nSPS) is 12.1. The summed E-state index contributed by atoms with van der Waals surface area (Å²) >= 11 is 1.52. The van der Waals surface area contributed by atoms with Crippen molar-refractivity contribution < 1.29 is 9.90 Å². The molecule has 0 bridgehead atoms. The van der Waals surface area contributed by atoms with Crippen molar-refractivity contribution in [1.82, 2.24) is 0 Å². The Morgan fingerprint density at radius 3 is 2.40 bits per heavy atom. The molecule has 0 aliphatic carbocycles. The van der Waals surface area contributed by atoms with Crippen LogP contribution < -0.4 is 0 Å². The summed E-state index contributed by atoms with van der Waals surface area (Å²) in [4.78, 5) is 12.8. The maximum absolute atomic E-state index is 10.8. The molecule has 0 saturated carbocycles. The van der Waals surface area contributed by atoms with Crippen LogP contribution in [0.4, 0.5) is 0 Å². The van der Waals surface area contributed by atoms with Gasteiger partial charge in [-0.2, -0.15) is 0 Å². The molecule has 0 radical (unpaired) electrons. The van der Waals surface area contributed by atoms with E-state index in [2.05, 4.69) is 0 Å². The van der Waals surface area contributed by atoms with Gasteiger partial charge in [-0.05, 0) is 30.4 Å². The molecular weight excluding hydrogens is 208 g/mol. The fourth-order valence-corrected chi connectivity index (χ4v) is 2.13. The van der Waals surface area contributed by atoms with Crippen molar-refractivity contribution in [3.63, 3.8) is 0 Å². The zero-order valence-corrected chi connectivity index (χ0v) is 9.67. The third kappa shape index (κ3) is 3.44. The average molecular weight is 222 g/mol. The molecule has 0 atom stereocenters. The number of aliphatic carboxylic acids is 1. The molecule has 3 heteroatoms. The molecule has 1 aromatic rings. The van der Waals surface area contributed by atoms with E-state index in [0.29, 0.717) is 5.57 Å². The van der Waals surface area contributed by atoms with Crippen LogP contribution in [0.1, 0.15) is 20.3 Å². The molecule has 0 aromatic heterocycles. The summed E-state index contributed by atoms with van der Waals surface area (Å²) in [5.41, 5.74) is 0.436. The van der Waals surface area contributed by atoms with E-state index in [1.165, 1.54) is 11.8 Å². The lowest BCUT2D eigenvalue weighted by atomic mass is 10.2. The molecule has 0 amide bonds. The predicted octanol–water partition coefficient (Wildman–Crippen LogP) is 3.55. The fourth-order valence-electron chi connectivity index (χ4n) is 1.16. The monoisotopic (exact) mass is 222 g/mol. The summed E-state index contributed by atoms with van der Waals surface area (Å²) in [6.07, 6.45) is 0.748. The van der Waals surface area contributed by atoms with Crippen LogP contribution in [0, 0.1) is 0 Å². The van der Waals surface area contributed by atoms with Crippen LogP contribution in [0.3, 0.4) is 0 Å². The summed E-state index contributed by atoms with van der Waals surface area (Å²) in [6.45, 7) is 3.62. The number of thioether (sulfide) groups is 1. The van der Waals surface area contributed by atoms with Crippen molar-refractivity contribution in [2.24, 2.45) is 0 Å². The van der Waals surface area contributed by atoms with Crippen molar-refractivity contribution in [2.75, 3.05) is 0 Å². The summed E-state index contributed by atoms with van der Waals surface area (Å²) in [5, 5.41) is 8.89. The Morgan fingerprint density at radius 1 is 1.33 bits per heavy atom. The second-order valence-corrected chi connectivity index (χ2v) is 4.29. The van der Waals surface area contributed by atoms with Crippen molar-refractivity contribution in [3.05, 3.63) is 40.8 Å². The van der Waals surface area contributed by atoms with E-state index in [9.17, 15) is 4.79 Å². The maximum Gasteiger partial charge on any atom is 0.332 e. The second kappa shape index (κ2) is 5.61. The zero-order chi connectivity index (χ0) is 11.3. The highest BCUT2D eigenvalue weighted by atomic mass is 32.2. The predicted molar refractivity (Wildman–Crippen MR) is 62.9 cm³/mol. The van der Waals surface area contributed by atoms with Crippen LogP contribution in [0.5, 0.6) is 0 Å². The summed E-state index contributed by atoms with van der Waals surface area (Å²) in [6, 6.07) is 9.81. The highest BCUT2D eigenvalue weighted by Crippen LogP contribution is 2.30. The second-order valence-electron chi connectivity index (χ2n) is 3.12. The minimum absolute atomic E-state index is 0.436. The first-order valence-electron chi connectivity index (χ1n) is 4.81. The van der Waals surface area contributed by atoms with Crippen molar-refractivity contribution in [2.45, 2.75) is 25.2 Å². The number of rotatable bonds is 4. The number of carbonyl (C=O) groups is 1. The van der Waals surface area contributed by atoms with E-state index in [1.807, 2.05) is 37.3 Å². The van der Waals surface area contributed by atoms with Crippen LogP contribution in [-0.4, -0.2) is 11.1 Å². The van der Waals surface area contributed by atoms with Crippen LogP contribution in [0.25, 0.3) is 0 Å². The summed E-state index contributed by atoms with van der Waals surface area (Å²) < 4.78 is 0. The first kappa shape index (κ1) is 11.9. The Bertz CT molecular complexity index is 368. The van der Waals surface area contributed by atoms with Gasteiger partial charge in [0.05, 0.1) is 0 Å². The van der Waals surface area contributed by atoms with E-state index in [0.717, 1.165) is 16.2 Å². The molecule has 80 valence electrons. The van der Waals surface area contributed by atoms with Gasteiger partial charge in [0.2, 0.25) is 0 Å². The van der Waals surface area contributed by atoms with Crippen LogP contribution in [0.2, 0.25) is 0 Å². The Kier molecular flexibility index (Phi) is 4.43. The van der Waals surface area contributed by atoms with Gasteiger partial charge < -0.3 is 5.11 Å². The van der Waals surface area contributed by atoms with Crippen LogP contribution in [0.15, 0.2) is 45.7 Å². The van der Waals surface area contributed by atoms with Crippen LogP contribution in [-0.2, 0) is 4.79 Å². The average Bonchev–Trinajstić information content (AvgIpc) is 2.26. The number of hydrogen-bond donors (Lipinski definition) is 1. The quantitative estimate of drug-likeness (QED) is 0.625. The fraction of sp³-hybridized carbons (Fsp3) is 0.250. The Morgan fingerprint density at radius 2 is 1.93 bits per heavy atom. The first-order chi connectivity index (χ1) is 7.15. The van der Waals surface area contributed by atoms with Gasteiger partial charge in [-0.1, -0.05) is 36.9 Å². The number of carboxylic acid groups (broad SMARTS) is 1. The Balaban J connectivity index is 2.88. The minimum Gasteiger partial charge on any atom is -0.478 e. The molecule has 0 aliphatic heterocycles. The number of hydrogen-bond acceptors (Lipinski definition) is 2. The maximum atomic E-state index is 10.8. The Labute approximate surface area is 94.0 Å². The van der Waals surface area contributed by atoms with Gasteiger partial charge >= 0.3 is 5.97 Å². The molecule has 1 aromatic carbocycles. The molecular formula is C12H14O2S. The lowest BCUT2D eigenvalue weighted by molar-refractivity contribution is -0.132.